The molecule has 0 fully saturated rings. The van der Waals surface area contributed by atoms with Crippen LogP contribution in [0, 0.1) is 0 Å². The van der Waals surface area contributed by atoms with Crippen LogP contribution >= 0.6 is 11.6 Å². The molecule has 3 rings (SSSR count). The highest BCUT2D eigenvalue weighted by Gasteiger charge is 2.16. The number of benzene rings is 1. The van der Waals surface area contributed by atoms with Crippen molar-refractivity contribution in [2.24, 2.45) is 0 Å². The summed E-state index contributed by atoms with van der Waals surface area (Å²) in [7, 11) is -3.42. The van der Waals surface area contributed by atoms with E-state index in [0.717, 1.165) is 6.26 Å². The van der Waals surface area contributed by atoms with E-state index in [0.29, 0.717) is 11.5 Å². The van der Waals surface area contributed by atoms with Crippen LogP contribution in [-0.4, -0.2) is 40.5 Å². The number of hydrogen-bond acceptors (Lipinski definition) is 7. The molecule has 2 aromatic heterocycles. The predicted octanol–water partition coefficient (Wildman–Crippen LogP) is 2.24. The van der Waals surface area contributed by atoms with Gasteiger partial charge in [-0.25, -0.2) is 18.4 Å². The number of aromatic nitrogens is 4. The number of sulfone groups is 1. The van der Waals surface area contributed by atoms with Crippen molar-refractivity contribution in [3.63, 3.8) is 0 Å². The molecule has 0 aliphatic heterocycles. The van der Waals surface area contributed by atoms with Gasteiger partial charge >= 0.3 is 0 Å². The highest BCUT2D eigenvalue weighted by atomic mass is 35.5. The summed E-state index contributed by atoms with van der Waals surface area (Å²) in [6, 6.07) is 9.13. The Kier molecular flexibility index (Phi) is 4.92. The van der Waals surface area contributed by atoms with Crippen LogP contribution in [0.25, 0.3) is 11.5 Å². The van der Waals surface area contributed by atoms with Gasteiger partial charge in [0.2, 0.25) is 5.95 Å². The van der Waals surface area contributed by atoms with E-state index in [9.17, 15) is 13.2 Å². The first-order valence-electron chi connectivity index (χ1n) is 7.26. The molecule has 0 saturated carbocycles. The number of nitrogens with zero attached hydrogens (tertiary/aromatic N) is 4. The quantitative estimate of drug-likeness (QED) is 0.727. The van der Waals surface area contributed by atoms with Gasteiger partial charge in [-0.1, -0.05) is 17.7 Å². The second-order valence-corrected chi connectivity index (χ2v) is 7.64. The zero-order valence-electron chi connectivity index (χ0n) is 13.4. The van der Waals surface area contributed by atoms with Crippen molar-refractivity contribution in [2.45, 2.75) is 4.90 Å². The number of rotatable bonds is 4. The minimum Gasteiger partial charge on any atom is -0.290 e. The largest absolute Gasteiger partial charge is 0.290 e. The van der Waals surface area contributed by atoms with Crippen molar-refractivity contribution in [2.75, 3.05) is 11.6 Å². The van der Waals surface area contributed by atoms with Gasteiger partial charge in [0, 0.05) is 12.5 Å². The number of nitrogens with one attached hydrogen (secondary N) is 1. The predicted molar refractivity (Wildman–Crippen MR) is 95.6 cm³/mol. The number of anilines is 1. The van der Waals surface area contributed by atoms with E-state index in [4.69, 9.17) is 11.6 Å². The molecule has 0 bridgehead atoms. The Morgan fingerprint density at radius 2 is 1.92 bits per heavy atom. The molecule has 0 radical (unpaired) electrons. The number of carbonyl (C=O) groups is 1. The van der Waals surface area contributed by atoms with Gasteiger partial charge in [0.05, 0.1) is 15.5 Å². The average Bonchev–Trinajstić information content (AvgIpc) is 2.61. The van der Waals surface area contributed by atoms with Gasteiger partial charge in [-0.15, -0.1) is 0 Å². The second-order valence-electron chi connectivity index (χ2n) is 5.22. The van der Waals surface area contributed by atoms with E-state index < -0.39 is 15.7 Å². The molecule has 1 amide bonds. The van der Waals surface area contributed by atoms with Crippen molar-refractivity contribution in [1.82, 2.24) is 19.9 Å². The Hall–Kier alpha value is -2.91. The Balaban J connectivity index is 1.85. The van der Waals surface area contributed by atoms with Crippen LogP contribution in [0.4, 0.5) is 5.95 Å². The molecule has 0 atom stereocenters. The maximum absolute atomic E-state index is 12.4. The fraction of sp³-hybridized carbons (Fsp3) is 0.0625. The van der Waals surface area contributed by atoms with E-state index in [1.54, 1.807) is 24.4 Å². The van der Waals surface area contributed by atoms with Crippen LogP contribution in [0.5, 0.6) is 0 Å². The third kappa shape index (κ3) is 4.01. The van der Waals surface area contributed by atoms with Crippen molar-refractivity contribution in [1.29, 1.82) is 0 Å². The summed E-state index contributed by atoms with van der Waals surface area (Å²) in [4.78, 5) is 28.6. The SMILES string of the molecule is CS(=O)(=O)c1ccc(C(=O)Nc2ncnc(-c3ccccn3)n2)c(Cl)c1. The Morgan fingerprint density at radius 3 is 2.58 bits per heavy atom. The van der Waals surface area contributed by atoms with Crippen molar-refractivity contribution >= 4 is 33.3 Å². The highest BCUT2D eigenvalue weighted by molar-refractivity contribution is 7.90. The molecule has 132 valence electrons. The molecule has 0 unspecified atom stereocenters. The summed E-state index contributed by atoms with van der Waals surface area (Å²) >= 11 is 6.04. The standard InChI is InChI=1S/C16H12ClN5O3S/c1-26(24,25)10-5-6-11(12(17)8-10)15(23)22-16-20-9-19-14(21-16)13-4-2-3-7-18-13/h2-9H,1H3,(H,19,20,21,22,23). The van der Waals surface area contributed by atoms with Gasteiger partial charge in [-0.05, 0) is 30.3 Å². The van der Waals surface area contributed by atoms with Crippen LogP contribution in [-0.2, 0) is 9.84 Å². The lowest BCUT2D eigenvalue weighted by Gasteiger charge is -2.07. The molecule has 3 aromatic rings. The molecule has 0 aliphatic rings. The molecule has 26 heavy (non-hydrogen) atoms. The molecule has 2 heterocycles. The van der Waals surface area contributed by atoms with Gasteiger partial charge in [-0.3, -0.25) is 15.1 Å². The topological polar surface area (TPSA) is 115 Å². The number of hydrogen-bond donors (Lipinski definition) is 1. The lowest BCUT2D eigenvalue weighted by molar-refractivity contribution is 0.102. The number of halogens is 1. The van der Waals surface area contributed by atoms with Crippen LogP contribution in [0.2, 0.25) is 5.02 Å². The van der Waals surface area contributed by atoms with Crippen LogP contribution in [0.1, 0.15) is 10.4 Å². The van der Waals surface area contributed by atoms with Gasteiger partial charge in [0.1, 0.15) is 12.0 Å². The zero-order valence-corrected chi connectivity index (χ0v) is 15.0. The summed E-state index contributed by atoms with van der Waals surface area (Å²) in [6.45, 7) is 0. The first-order chi connectivity index (χ1) is 12.3. The highest BCUT2D eigenvalue weighted by Crippen LogP contribution is 2.22. The third-order valence-electron chi connectivity index (χ3n) is 3.30. The Morgan fingerprint density at radius 1 is 1.12 bits per heavy atom. The molecular formula is C16H12ClN5O3S. The van der Waals surface area contributed by atoms with E-state index in [-0.39, 0.29) is 21.4 Å². The zero-order chi connectivity index (χ0) is 18.7. The van der Waals surface area contributed by atoms with Gasteiger partial charge in [0.15, 0.2) is 15.7 Å². The summed E-state index contributed by atoms with van der Waals surface area (Å²) in [5.41, 5.74) is 0.625. The minimum atomic E-state index is -3.42. The van der Waals surface area contributed by atoms with Crippen LogP contribution < -0.4 is 5.32 Å². The fourth-order valence-corrected chi connectivity index (χ4v) is 3.03. The second kappa shape index (κ2) is 7.14. The Labute approximate surface area is 154 Å². The minimum absolute atomic E-state index is 0.00410. The lowest BCUT2D eigenvalue weighted by atomic mass is 10.2. The fourth-order valence-electron chi connectivity index (χ4n) is 2.05. The van der Waals surface area contributed by atoms with Crippen LogP contribution in [0.3, 0.4) is 0 Å². The molecule has 1 N–H and O–H groups in total. The molecule has 0 spiro atoms. The normalized spacial score (nSPS) is 11.2. The molecule has 0 saturated heterocycles. The maximum atomic E-state index is 12.4. The summed E-state index contributed by atoms with van der Waals surface area (Å²) in [5, 5.41) is 2.51. The van der Waals surface area contributed by atoms with E-state index >= 15 is 0 Å². The number of pyridine rings is 1. The third-order valence-corrected chi connectivity index (χ3v) is 4.73. The first-order valence-corrected chi connectivity index (χ1v) is 9.53. The van der Waals surface area contributed by atoms with E-state index in [2.05, 4.69) is 25.3 Å². The van der Waals surface area contributed by atoms with Crippen molar-refractivity contribution in [3.05, 3.63) is 59.5 Å². The van der Waals surface area contributed by atoms with Crippen molar-refractivity contribution in [3.8, 4) is 11.5 Å². The maximum Gasteiger partial charge on any atom is 0.259 e. The van der Waals surface area contributed by atoms with Gasteiger partial charge in [-0.2, -0.15) is 4.98 Å². The first kappa shape index (κ1) is 17.9. The molecule has 1 aromatic carbocycles. The van der Waals surface area contributed by atoms with Gasteiger partial charge in [0.25, 0.3) is 5.91 Å². The molecule has 10 heteroatoms. The average molecular weight is 390 g/mol. The summed E-state index contributed by atoms with van der Waals surface area (Å²) in [6.07, 6.45) is 3.91. The summed E-state index contributed by atoms with van der Waals surface area (Å²) in [5.74, 6) is -0.253. The van der Waals surface area contributed by atoms with E-state index in [1.807, 2.05) is 0 Å². The molecular weight excluding hydrogens is 378 g/mol. The summed E-state index contributed by atoms with van der Waals surface area (Å²) < 4.78 is 23.1. The number of carbonyl (C=O) groups excluding carboxylic acids is 1. The van der Waals surface area contributed by atoms with Crippen LogP contribution in [0.15, 0.2) is 53.8 Å². The Bertz CT molecular complexity index is 1070. The van der Waals surface area contributed by atoms with Gasteiger partial charge < -0.3 is 0 Å². The molecule has 0 aliphatic carbocycles. The van der Waals surface area contributed by atoms with Crippen molar-refractivity contribution < 1.29 is 13.2 Å². The van der Waals surface area contributed by atoms with E-state index in [1.165, 1.54) is 24.5 Å². The number of amides is 1. The molecule has 8 nitrogen and oxygen atoms in total. The lowest BCUT2D eigenvalue weighted by Crippen LogP contribution is -2.15. The smallest absolute Gasteiger partial charge is 0.259 e. The monoisotopic (exact) mass is 389 g/mol.